The van der Waals surface area contributed by atoms with Crippen LogP contribution < -0.4 is 10.5 Å². The Morgan fingerprint density at radius 1 is 1.11 bits per heavy atom. The summed E-state index contributed by atoms with van der Waals surface area (Å²) in [7, 11) is 2.15. The summed E-state index contributed by atoms with van der Waals surface area (Å²) in [6.45, 7) is 5.03. The Kier molecular flexibility index (Phi) is 6.95. The molecule has 8 nitrogen and oxygen atoms in total. The number of ketones is 1. The first kappa shape index (κ1) is 23.9. The maximum atomic E-state index is 12.5. The van der Waals surface area contributed by atoms with Gasteiger partial charge in [0.2, 0.25) is 0 Å². The highest BCUT2D eigenvalue weighted by Gasteiger charge is 2.17. The topological polar surface area (TPSA) is 90.5 Å². The molecule has 0 unspecified atom stereocenters. The van der Waals surface area contributed by atoms with Crippen molar-refractivity contribution in [3.63, 3.8) is 0 Å². The van der Waals surface area contributed by atoms with E-state index in [1.807, 2.05) is 31.2 Å². The van der Waals surface area contributed by atoms with Crippen molar-refractivity contribution >= 4 is 16.9 Å². The molecule has 0 amide bonds. The van der Waals surface area contributed by atoms with Crippen molar-refractivity contribution in [3.8, 4) is 17.1 Å². The quantitative estimate of drug-likeness (QED) is 0.341. The first-order valence-electron chi connectivity index (χ1n) is 12.4. The summed E-state index contributed by atoms with van der Waals surface area (Å²) in [6, 6.07) is 12.8. The lowest BCUT2D eigenvalue weighted by Gasteiger charge is -2.28. The van der Waals surface area contributed by atoms with Gasteiger partial charge < -0.3 is 14.1 Å². The van der Waals surface area contributed by atoms with Gasteiger partial charge in [-0.3, -0.25) is 9.36 Å². The van der Waals surface area contributed by atoms with Gasteiger partial charge in [0.15, 0.2) is 22.9 Å². The SMILES string of the molecule is CCC(=O)c1ccc2oc(=O)n(Cc3cccc(-c4ncc(OCC5CCN(C)CC5)cn4)c3)c2c1. The number of likely N-dealkylation sites (tertiary alicyclic amines) is 1. The van der Waals surface area contributed by atoms with Gasteiger partial charge in [-0.2, -0.15) is 0 Å². The van der Waals surface area contributed by atoms with Crippen molar-refractivity contribution in [1.82, 2.24) is 19.4 Å². The van der Waals surface area contributed by atoms with Gasteiger partial charge in [-0.1, -0.05) is 25.1 Å². The number of rotatable bonds is 8. The number of hydrogen-bond donors (Lipinski definition) is 0. The number of carbonyl (C=O) groups is 1. The number of nitrogens with zero attached hydrogens (tertiary/aromatic N) is 4. The zero-order chi connectivity index (χ0) is 25.1. The van der Waals surface area contributed by atoms with Gasteiger partial charge in [0.25, 0.3) is 0 Å². The van der Waals surface area contributed by atoms with Gasteiger partial charge in [0.1, 0.15) is 0 Å². The molecule has 3 heterocycles. The summed E-state index contributed by atoms with van der Waals surface area (Å²) in [5.74, 6) is 1.39. The Morgan fingerprint density at radius 2 is 1.89 bits per heavy atom. The summed E-state index contributed by atoms with van der Waals surface area (Å²) in [5.41, 5.74) is 3.38. The Labute approximate surface area is 209 Å². The summed E-state index contributed by atoms with van der Waals surface area (Å²) < 4.78 is 12.9. The maximum Gasteiger partial charge on any atom is 0.420 e. The van der Waals surface area contributed by atoms with E-state index in [1.165, 1.54) is 0 Å². The van der Waals surface area contributed by atoms with Crippen LogP contribution in [0.15, 0.2) is 64.1 Å². The molecule has 2 aromatic heterocycles. The normalized spacial score (nSPS) is 14.8. The first-order chi connectivity index (χ1) is 17.5. The molecule has 0 radical (unpaired) electrons. The number of carbonyl (C=O) groups excluding carboxylic acids is 1. The molecule has 36 heavy (non-hydrogen) atoms. The molecule has 5 rings (SSSR count). The Morgan fingerprint density at radius 3 is 2.64 bits per heavy atom. The van der Waals surface area contributed by atoms with Crippen LogP contribution in [-0.4, -0.2) is 52.0 Å². The van der Waals surface area contributed by atoms with Crippen LogP contribution in [0.1, 0.15) is 42.1 Å². The fourth-order valence-electron chi connectivity index (χ4n) is 4.56. The third-order valence-electron chi connectivity index (χ3n) is 6.79. The second-order valence-electron chi connectivity index (χ2n) is 9.41. The van der Waals surface area contributed by atoms with Crippen molar-refractivity contribution < 1.29 is 13.9 Å². The number of hydrogen-bond acceptors (Lipinski definition) is 7. The van der Waals surface area contributed by atoms with Crippen LogP contribution in [0.2, 0.25) is 0 Å². The molecular formula is C28H30N4O4. The molecule has 0 saturated carbocycles. The lowest BCUT2D eigenvalue weighted by Crippen LogP contribution is -2.32. The summed E-state index contributed by atoms with van der Waals surface area (Å²) >= 11 is 0. The monoisotopic (exact) mass is 486 g/mol. The molecule has 0 atom stereocenters. The number of fused-ring (bicyclic) bond motifs is 1. The number of piperidine rings is 1. The van der Waals surface area contributed by atoms with E-state index < -0.39 is 5.76 Å². The molecule has 1 aliphatic rings. The van der Waals surface area contributed by atoms with Crippen LogP contribution >= 0.6 is 0 Å². The first-order valence-corrected chi connectivity index (χ1v) is 12.4. The van der Waals surface area contributed by atoms with Crippen molar-refractivity contribution in [2.45, 2.75) is 32.7 Å². The minimum atomic E-state index is -0.459. The van der Waals surface area contributed by atoms with E-state index in [4.69, 9.17) is 9.15 Å². The van der Waals surface area contributed by atoms with E-state index in [9.17, 15) is 9.59 Å². The predicted molar refractivity (Wildman–Crippen MR) is 137 cm³/mol. The predicted octanol–water partition coefficient (Wildman–Crippen LogP) is 4.41. The van der Waals surface area contributed by atoms with Crippen molar-refractivity contribution in [3.05, 3.63) is 76.5 Å². The zero-order valence-corrected chi connectivity index (χ0v) is 20.6. The molecule has 0 N–H and O–H groups in total. The van der Waals surface area contributed by atoms with Crippen LogP contribution in [0, 0.1) is 5.92 Å². The molecule has 0 spiro atoms. The van der Waals surface area contributed by atoms with E-state index in [1.54, 1.807) is 35.2 Å². The number of Topliss-reactive ketones (excluding diaryl/α,β-unsaturated/α-hetero) is 1. The van der Waals surface area contributed by atoms with Crippen LogP contribution in [-0.2, 0) is 6.54 Å². The zero-order valence-electron chi connectivity index (χ0n) is 20.6. The van der Waals surface area contributed by atoms with Crippen LogP contribution in [0.3, 0.4) is 0 Å². The molecule has 4 aromatic rings. The van der Waals surface area contributed by atoms with Gasteiger partial charge in [-0.05, 0) is 68.7 Å². The fraction of sp³-hybridized carbons (Fsp3) is 0.357. The highest BCUT2D eigenvalue weighted by atomic mass is 16.5. The summed E-state index contributed by atoms with van der Waals surface area (Å²) in [4.78, 5) is 36.0. The van der Waals surface area contributed by atoms with Gasteiger partial charge in [0.05, 0.1) is 31.1 Å². The van der Waals surface area contributed by atoms with E-state index in [-0.39, 0.29) is 5.78 Å². The molecule has 1 fully saturated rings. The average molecular weight is 487 g/mol. The van der Waals surface area contributed by atoms with E-state index >= 15 is 0 Å². The minimum Gasteiger partial charge on any atom is -0.490 e. The Bertz CT molecular complexity index is 1420. The molecule has 1 aliphatic heterocycles. The summed E-state index contributed by atoms with van der Waals surface area (Å²) in [6.07, 6.45) is 6.12. The van der Waals surface area contributed by atoms with Crippen molar-refractivity contribution in [2.75, 3.05) is 26.7 Å². The van der Waals surface area contributed by atoms with E-state index in [2.05, 4.69) is 21.9 Å². The lowest BCUT2D eigenvalue weighted by molar-refractivity contribution is 0.0988. The molecule has 2 aromatic carbocycles. The maximum absolute atomic E-state index is 12.5. The van der Waals surface area contributed by atoms with Crippen LogP contribution in [0.4, 0.5) is 0 Å². The fourth-order valence-corrected chi connectivity index (χ4v) is 4.56. The van der Waals surface area contributed by atoms with Gasteiger partial charge in [-0.15, -0.1) is 0 Å². The lowest BCUT2D eigenvalue weighted by atomic mass is 9.98. The van der Waals surface area contributed by atoms with Gasteiger partial charge in [0, 0.05) is 17.5 Å². The van der Waals surface area contributed by atoms with E-state index in [0.717, 1.165) is 37.1 Å². The Hall–Kier alpha value is -3.78. The second kappa shape index (κ2) is 10.5. The molecule has 0 aliphatic carbocycles. The molecule has 8 heteroatoms. The summed E-state index contributed by atoms with van der Waals surface area (Å²) in [5, 5.41) is 0. The molecule has 1 saturated heterocycles. The standard InChI is InChI=1S/C28H30N4O4/c1-3-25(33)21-7-8-26-24(14-21)32(28(34)36-26)17-20-5-4-6-22(13-20)27-29-15-23(16-30-27)35-18-19-9-11-31(2)12-10-19/h4-8,13-16,19H,3,9-12,17-18H2,1-2H3. The number of oxazole rings is 1. The van der Waals surface area contributed by atoms with Gasteiger partial charge >= 0.3 is 5.76 Å². The van der Waals surface area contributed by atoms with Crippen LogP contribution in [0.25, 0.3) is 22.5 Å². The molecular weight excluding hydrogens is 456 g/mol. The second-order valence-corrected chi connectivity index (χ2v) is 9.41. The highest BCUT2D eigenvalue weighted by molar-refractivity contribution is 5.98. The molecule has 186 valence electrons. The largest absolute Gasteiger partial charge is 0.490 e. The molecule has 0 bridgehead atoms. The number of ether oxygens (including phenoxy) is 1. The number of benzene rings is 2. The third-order valence-corrected chi connectivity index (χ3v) is 6.79. The van der Waals surface area contributed by atoms with Crippen molar-refractivity contribution in [2.24, 2.45) is 5.92 Å². The van der Waals surface area contributed by atoms with Gasteiger partial charge in [-0.25, -0.2) is 14.8 Å². The third kappa shape index (κ3) is 5.23. The Balaban J connectivity index is 1.31. The van der Waals surface area contributed by atoms with Crippen molar-refractivity contribution in [1.29, 1.82) is 0 Å². The van der Waals surface area contributed by atoms with E-state index in [0.29, 0.717) is 53.7 Å². The highest BCUT2D eigenvalue weighted by Crippen LogP contribution is 2.22. The minimum absolute atomic E-state index is 0.0232. The average Bonchev–Trinajstić information content (AvgIpc) is 3.22. The number of aromatic nitrogens is 3. The van der Waals surface area contributed by atoms with Crippen LogP contribution in [0.5, 0.6) is 5.75 Å². The smallest absolute Gasteiger partial charge is 0.420 e.